The van der Waals surface area contributed by atoms with Crippen molar-refractivity contribution in [3.63, 3.8) is 0 Å². The van der Waals surface area contributed by atoms with Crippen LogP contribution in [0.2, 0.25) is 0 Å². The van der Waals surface area contributed by atoms with E-state index >= 15 is 0 Å². The first-order valence-electron chi connectivity index (χ1n) is 6.45. The smallest absolute Gasteiger partial charge is 0.301 e. The van der Waals surface area contributed by atoms with Crippen LogP contribution in [0.4, 0.5) is 17.1 Å². The van der Waals surface area contributed by atoms with Crippen LogP contribution in [-0.2, 0) is 14.9 Å². The molecule has 25 heavy (non-hydrogen) atoms. The molecule has 0 saturated carbocycles. The minimum Gasteiger partial charge on any atom is -0.319 e. The van der Waals surface area contributed by atoms with Crippen molar-refractivity contribution in [3.05, 3.63) is 32.4 Å². The van der Waals surface area contributed by atoms with Crippen LogP contribution in [0.3, 0.4) is 0 Å². The molecule has 2 N–H and O–H groups in total. The van der Waals surface area contributed by atoms with Gasteiger partial charge < -0.3 is 5.32 Å². The highest BCUT2D eigenvalue weighted by molar-refractivity contribution is 7.99. The molecule has 1 amide bonds. The lowest BCUT2D eigenvalue weighted by Gasteiger charge is -2.10. The van der Waals surface area contributed by atoms with Crippen molar-refractivity contribution in [1.82, 2.24) is 0 Å². The first-order chi connectivity index (χ1) is 11.6. The Hall–Kier alpha value is -1.96. The van der Waals surface area contributed by atoms with Crippen molar-refractivity contribution in [2.45, 2.75) is 11.3 Å². The number of rotatable bonds is 9. The number of anilines is 1. The number of hydrogen-bond donors (Lipinski definition) is 2. The second-order valence-electron chi connectivity index (χ2n) is 4.43. The van der Waals surface area contributed by atoms with Crippen LogP contribution in [-0.4, -0.2) is 46.1 Å². The summed E-state index contributed by atoms with van der Waals surface area (Å²) in [6.45, 7) is 0. The molecule has 11 nitrogen and oxygen atoms in total. The van der Waals surface area contributed by atoms with Crippen molar-refractivity contribution in [2.24, 2.45) is 0 Å². The summed E-state index contributed by atoms with van der Waals surface area (Å²) in [6, 6.07) is 0.923. The second kappa shape index (κ2) is 8.94. The minimum absolute atomic E-state index is 0.111. The lowest BCUT2D eigenvalue weighted by molar-refractivity contribution is -0.393. The summed E-state index contributed by atoms with van der Waals surface area (Å²) in [5.41, 5.74) is -2.77. The standard InChI is InChI=1S/C11H12ClN3O8S2/c12-2-4-24-3-1-10(16)13-11-8(15(19)20)5-7(14(17)18)6-9(11)25(21,22)23/h5-6H,1-4H2,(H,13,16)(H,21,22,23). The molecule has 0 atom stereocenters. The summed E-state index contributed by atoms with van der Waals surface area (Å²) in [5, 5.41) is 23.9. The van der Waals surface area contributed by atoms with Crippen LogP contribution in [0.15, 0.2) is 17.0 Å². The maximum absolute atomic E-state index is 11.9. The van der Waals surface area contributed by atoms with Gasteiger partial charge in [-0.2, -0.15) is 20.2 Å². The van der Waals surface area contributed by atoms with Crippen molar-refractivity contribution in [1.29, 1.82) is 0 Å². The highest BCUT2D eigenvalue weighted by Gasteiger charge is 2.30. The van der Waals surface area contributed by atoms with Gasteiger partial charge in [-0.15, -0.1) is 11.6 Å². The zero-order valence-electron chi connectivity index (χ0n) is 12.4. The summed E-state index contributed by atoms with van der Waals surface area (Å²) < 4.78 is 32.0. The maximum Gasteiger partial charge on any atom is 0.301 e. The van der Waals surface area contributed by atoms with Crippen LogP contribution < -0.4 is 5.32 Å². The molecule has 0 radical (unpaired) electrons. The van der Waals surface area contributed by atoms with Gasteiger partial charge in [-0.25, -0.2) is 0 Å². The molecule has 0 aliphatic rings. The molecular weight excluding hydrogens is 402 g/mol. The van der Waals surface area contributed by atoms with E-state index in [0.717, 1.165) is 0 Å². The van der Waals surface area contributed by atoms with Gasteiger partial charge in [-0.1, -0.05) is 0 Å². The number of non-ortho nitro benzene ring substituents is 1. The van der Waals surface area contributed by atoms with E-state index in [0.29, 0.717) is 29.5 Å². The lowest BCUT2D eigenvalue weighted by atomic mass is 10.2. The summed E-state index contributed by atoms with van der Waals surface area (Å²) in [7, 11) is -5.07. The van der Waals surface area contributed by atoms with Crippen molar-refractivity contribution in [3.8, 4) is 0 Å². The Morgan fingerprint density at radius 1 is 1.24 bits per heavy atom. The molecule has 138 valence electrons. The average Bonchev–Trinajstić information content (AvgIpc) is 2.50. The normalized spacial score (nSPS) is 11.1. The van der Waals surface area contributed by atoms with Crippen molar-refractivity contribution >= 4 is 56.5 Å². The molecule has 0 aliphatic carbocycles. The lowest BCUT2D eigenvalue weighted by Crippen LogP contribution is -2.17. The number of halogens is 1. The number of alkyl halides is 1. The number of nitrogens with zero attached hydrogens (tertiary/aromatic N) is 2. The molecule has 0 spiro atoms. The average molecular weight is 414 g/mol. The summed E-state index contributed by atoms with van der Waals surface area (Å²) in [4.78, 5) is 30.5. The molecule has 0 aliphatic heterocycles. The van der Waals surface area contributed by atoms with E-state index in [1.165, 1.54) is 11.8 Å². The van der Waals surface area contributed by atoms with E-state index in [1.807, 2.05) is 5.32 Å². The van der Waals surface area contributed by atoms with E-state index in [2.05, 4.69) is 0 Å². The Morgan fingerprint density at radius 2 is 1.88 bits per heavy atom. The molecular formula is C11H12ClN3O8S2. The first kappa shape index (κ1) is 21.1. The largest absolute Gasteiger partial charge is 0.319 e. The molecule has 0 fully saturated rings. The third-order valence-electron chi connectivity index (χ3n) is 2.71. The molecule has 1 aromatic rings. The number of nitro groups is 2. The topological polar surface area (TPSA) is 170 Å². The number of hydrogen-bond acceptors (Lipinski definition) is 8. The fourth-order valence-electron chi connectivity index (χ4n) is 1.69. The van der Waals surface area contributed by atoms with E-state index in [1.54, 1.807) is 0 Å². The summed E-state index contributed by atoms with van der Waals surface area (Å²) in [6.07, 6.45) is -0.111. The summed E-state index contributed by atoms with van der Waals surface area (Å²) >= 11 is 6.80. The molecule has 0 heterocycles. The van der Waals surface area contributed by atoms with Gasteiger partial charge >= 0.3 is 5.69 Å². The van der Waals surface area contributed by atoms with Crippen molar-refractivity contribution < 1.29 is 27.6 Å². The predicted octanol–water partition coefficient (Wildman–Crippen LogP) is 2.05. The van der Waals surface area contributed by atoms with Gasteiger partial charge in [0.1, 0.15) is 10.6 Å². The molecule has 0 unspecified atom stereocenters. The fraction of sp³-hybridized carbons (Fsp3) is 0.364. The highest BCUT2D eigenvalue weighted by Crippen LogP contribution is 2.36. The third-order valence-corrected chi connectivity index (χ3v) is 4.99. The van der Waals surface area contributed by atoms with Gasteiger partial charge in [0, 0.05) is 29.9 Å². The van der Waals surface area contributed by atoms with Crippen molar-refractivity contribution in [2.75, 3.05) is 22.7 Å². The number of thioether (sulfide) groups is 1. The van der Waals surface area contributed by atoms with Gasteiger partial charge in [-0.05, 0) is 0 Å². The predicted molar refractivity (Wildman–Crippen MR) is 90.9 cm³/mol. The van der Waals surface area contributed by atoms with Gasteiger partial charge in [0.25, 0.3) is 15.8 Å². The number of amides is 1. The van der Waals surface area contributed by atoms with Crippen LogP contribution in [0, 0.1) is 20.2 Å². The monoisotopic (exact) mass is 413 g/mol. The third kappa shape index (κ3) is 6.12. The number of nitrogens with one attached hydrogen (secondary N) is 1. The number of carbonyl (C=O) groups is 1. The number of benzene rings is 1. The fourth-order valence-corrected chi connectivity index (χ4v) is 3.34. The molecule has 0 saturated heterocycles. The molecule has 0 bridgehead atoms. The minimum atomic E-state index is -5.07. The van der Waals surface area contributed by atoms with Crippen LogP contribution in [0.5, 0.6) is 0 Å². The Bertz CT molecular complexity index is 799. The second-order valence-corrected chi connectivity index (χ2v) is 7.42. The quantitative estimate of drug-likeness (QED) is 0.202. The summed E-state index contributed by atoms with van der Waals surface area (Å²) in [5.74, 6) is 0.500. The SMILES string of the molecule is O=C(CCSCCCl)Nc1c([N+](=O)[O-])cc([N+](=O)[O-])cc1S(=O)(=O)O. The van der Waals surface area contributed by atoms with E-state index in [4.69, 9.17) is 11.6 Å². The van der Waals surface area contributed by atoms with Crippen LogP contribution >= 0.6 is 23.4 Å². The van der Waals surface area contributed by atoms with Gasteiger partial charge in [0.05, 0.1) is 15.9 Å². The van der Waals surface area contributed by atoms with E-state index in [-0.39, 0.29) is 6.42 Å². The maximum atomic E-state index is 11.9. The molecule has 0 aromatic heterocycles. The van der Waals surface area contributed by atoms with Crippen LogP contribution in [0.25, 0.3) is 0 Å². The van der Waals surface area contributed by atoms with E-state index in [9.17, 15) is 38.0 Å². The zero-order chi connectivity index (χ0) is 19.2. The Labute approximate surface area is 150 Å². The Balaban J connectivity index is 3.29. The van der Waals surface area contributed by atoms with Gasteiger partial charge in [-0.3, -0.25) is 29.6 Å². The molecule has 14 heteroatoms. The van der Waals surface area contributed by atoms with Crippen LogP contribution in [0.1, 0.15) is 6.42 Å². The van der Waals surface area contributed by atoms with Gasteiger partial charge in [0.15, 0.2) is 0 Å². The highest BCUT2D eigenvalue weighted by atomic mass is 35.5. The zero-order valence-corrected chi connectivity index (χ0v) is 14.8. The molecule has 1 aromatic carbocycles. The molecule has 1 rings (SSSR count). The number of carbonyl (C=O) groups excluding carboxylic acids is 1. The Morgan fingerprint density at radius 3 is 2.36 bits per heavy atom. The number of nitro benzene ring substituents is 2. The first-order valence-corrected chi connectivity index (χ1v) is 9.58. The van der Waals surface area contributed by atoms with Gasteiger partial charge in [0.2, 0.25) is 5.91 Å². The van der Waals surface area contributed by atoms with E-state index < -0.39 is 47.8 Å². The Kier molecular flexibility index (Phi) is 7.54.